The van der Waals surface area contributed by atoms with Crippen LogP contribution >= 0.6 is 15.9 Å². The molecule has 1 fully saturated rings. The zero-order valence-corrected chi connectivity index (χ0v) is 12.9. The minimum absolute atomic E-state index is 0.473. The van der Waals surface area contributed by atoms with E-state index < -0.39 is 0 Å². The van der Waals surface area contributed by atoms with E-state index in [2.05, 4.69) is 58.9 Å². The Kier molecular flexibility index (Phi) is 4.82. The zero-order valence-electron chi connectivity index (χ0n) is 11.3. The molecule has 0 aliphatic carbocycles. The predicted molar refractivity (Wildman–Crippen MR) is 80.5 cm³/mol. The fraction of sp³-hybridized carbons (Fsp3) is 0.600. The summed E-state index contributed by atoms with van der Waals surface area (Å²) in [7, 11) is 0. The van der Waals surface area contributed by atoms with Crippen molar-refractivity contribution >= 4 is 15.9 Å². The molecule has 0 amide bonds. The van der Waals surface area contributed by atoms with Gasteiger partial charge in [-0.25, -0.2) is 0 Å². The lowest BCUT2D eigenvalue weighted by atomic mass is 9.84. The summed E-state index contributed by atoms with van der Waals surface area (Å²) in [6.45, 7) is 6.53. The molecular formula is C15H23BrN2. The molecule has 1 heterocycles. The minimum Gasteiger partial charge on any atom is -0.330 e. The molecule has 0 saturated carbocycles. The van der Waals surface area contributed by atoms with Crippen LogP contribution in [0.5, 0.6) is 0 Å². The van der Waals surface area contributed by atoms with E-state index in [0.29, 0.717) is 18.0 Å². The van der Waals surface area contributed by atoms with Gasteiger partial charge in [0.1, 0.15) is 0 Å². The fourth-order valence-corrected chi connectivity index (χ4v) is 3.50. The number of hydrogen-bond acceptors (Lipinski definition) is 2. The summed E-state index contributed by atoms with van der Waals surface area (Å²) in [6, 6.07) is 9.74. The van der Waals surface area contributed by atoms with Gasteiger partial charge in [0, 0.05) is 16.6 Å². The van der Waals surface area contributed by atoms with Crippen molar-refractivity contribution in [2.75, 3.05) is 13.1 Å². The summed E-state index contributed by atoms with van der Waals surface area (Å²) in [6.07, 6.45) is 2.52. The van der Waals surface area contributed by atoms with Gasteiger partial charge in [0.2, 0.25) is 0 Å². The van der Waals surface area contributed by atoms with Crippen LogP contribution in [0.1, 0.15) is 38.3 Å². The highest BCUT2D eigenvalue weighted by Gasteiger charge is 2.33. The van der Waals surface area contributed by atoms with Crippen molar-refractivity contribution in [2.45, 2.75) is 38.8 Å². The molecule has 0 radical (unpaired) electrons. The second-order valence-electron chi connectivity index (χ2n) is 5.47. The average molecular weight is 311 g/mol. The van der Waals surface area contributed by atoms with Crippen molar-refractivity contribution in [3.63, 3.8) is 0 Å². The van der Waals surface area contributed by atoms with Crippen LogP contribution in [0, 0.1) is 5.92 Å². The highest BCUT2D eigenvalue weighted by atomic mass is 79.9. The van der Waals surface area contributed by atoms with Crippen molar-refractivity contribution in [1.82, 2.24) is 4.90 Å². The Morgan fingerprint density at radius 2 is 2.22 bits per heavy atom. The first-order valence-electron chi connectivity index (χ1n) is 6.84. The number of halogens is 1. The van der Waals surface area contributed by atoms with Crippen LogP contribution in [-0.4, -0.2) is 24.0 Å². The summed E-state index contributed by atoms with van der Waals surface area (Å²) in [5.41, 5.74) is 7.39. The van der Waals surface area contributed by atoms with E-state index in [-0.39, 0.29) is 0 Å². The van der Waals surface area contributed by atoms with E-state index in [4.69, 9.17) is 5.73 Å². The molecule has 1 aromatic carbocycles. The number of piperidine rings is 1. The SMILES string of the molecule is CC(C)N1CCCC(CN)C1c1cccc(Br)c1. The number of rotatable bonds is 3. The third kappa shape index (κ3) is 2.95. The molecule has 1 aliphatic rings. The minimum atomic E-state index is 0.473. The third-order valence-electron chi connectivity index (χ3n) is 3.95. The van der Waals surface area contributed by atoms with Gasteiger partial charge in [-0.2, -0.15) is 0 Å². The van der Waals surface area contributed by atoms with E-state index in [1.165, 1.54) is 24.9 Å². The monoisotopic (exact) mass is 310 g/mol. The van der Waals surface area contributed by atoms with Gasteiger partial charge in [-0.1, -0.05) is 28.1 Å². The van der Waals surface area contributed by atoms with E-state index in [1.54, 1.807) is 0 Å². The number of benzene rings is 1. The molecule has 2 nitrogen and oxygen atoms in total. The first kappa shape index (κ1) is 14.0. The summed E-state index contributed by atoms with van der Waals surface area (Å²) in [4.78, 5) is 2.60. The Bertz CT molecular complexity index is 392. The molecule has 100 valence electrons. The number of hydrogen-bond donors (Lipinski definition) is 1. The summed E-state index contributed by atoms with van der Waals surface area (Å²) >= 11 is 3.58. The van der Waals surface area contributed by atoms with Crippen molar-refractivity contribution in [3.05, 3.63) is 34.3 Å². The second-order valence-corrected chi connectivity index (χ2v) is 6.39. The molecule has 0 spiro atoms. The quantitative estimate of drug-likeness (QED) is 0.924. The number of nitrogens with zero attached hydrogens (tertiary/aromatic N) is 1. The van der Waals surface area contributed by atoms with Gasteiger partial charge in [-0.3, -0.25) is 4.90 Å². The summed E-state index contributed by atoms with van der Waals surface area (Å²) in [5, 5.41) is 0. The van der Waals surface area contributed by atoms with Gasteiger partial charge in [-0.05, 0) is 63.4 Å². The average Bonchev–Trinajstić information content (AvgIpc) is 2.37. The van der Waals surface area contributed by atoms with Crippen molar-refractivity contribution in [2.24, 2.45) is 11.7 Å². The maximum absolute atomic E-state index is 5.99. The highest BCUT2D eigenvalue weighted by molar-refractivity contribution is 9.10. The standard InChI is InChI=1S/C15H23BrN2/c1-11(2)18-8-4-6-13(10-17)15(18)12-5-3-7-14(16)9-12/h3,5,7,9,11,13,15H,4,6,8,10,17H2,1-2H3. The Morgan fingerprint density at radius 1 is 1.44 bits per heavy atom. The van der Waals surface area contributed by atoms with E-state index in [1.807, 2.05) is 0 Å². The maximum Gasteiger partial charge on any atom is 0.0391 e. The van der Waals surface area contributed by atoms with Crippen molar-refractivity contribution in [1.29, 1.82) is 0 Å². The van der Waals surface area contributed by atoms with Gasteiger partial charge < -0.3 is 5.73 Å². The molecule has 1 aromatic rings. The maximum atomic E-state index is 5.99. The summed E-state index contributed by atoms with van der Waals surface area (Å²) < 4.78 is 1.16. The van der Waals surface area contributed by atoms with E-state index in [0.717, 1.165) is 11.0 Å². The van der Waals surface area contributed by atoms with Gasteiger partial charge in [0.05, 0.1) is 0 Å². The lowest BCUT2D eigenvalue weighted by Gasteiger charge is -2.43. The molecule has 2 atom stereocenters. The van der Waals surface area contributed by atoms with Crippen LogP contribution < -0.4 is 5.73 Å². The van der Waals surface area contributed by atoms with Gasteiger partial charge in [0.15, 0.2) is 0 Å². The molecule has 3 heteroatoms. The van der Waals surface area contributed by atoms with Crippen molar-refractivity contribution in [3.8, 4) is 0 Å². The largest absolute Gasteiger partial charge is 0.330 e. The molecule has 18 heavy (non-hydrogen) atoms. The second kappa shape index (κ2) is 6.18. The molecule has 0 aromatic heterocycles. The molecule has 2 rings (SSSR count). The molecular weight excluding hydrogens is 288 g/mol. The lowest BCUT2D eigenvalue weighted by Crippen LogP contribution is -2.44. The highest BCUT2D eigenvalue weighted by Crippen LogP contribution is 2.37. The molecule has 2 N–H and O–H groups in total. The lowest BCUT2D eigenvalue weighted by molar-refractivity contribution is 0.0665. The van der Waals surface area contributed by atoms with Crippen LogP contribution in [-0.2, 0) is 0 Å². The van der Waals surface area contributed by atoms with Crippen LogP contribution in [0.15, 0.2) is 28.7 Å². The predicted octanol–water partition coefficient (Wildman–Crippen LogP) is 3.57. The first-order valence-corrected chi connectivity index (χ1v) is 7.64. The Labute approximate surface area is 119 Å². The third-order valence-corrected chi connectivity index (χ3v) is 4.44. The number of likely N-dealkylation sites (tertiary alicyclic amines) is 1. The van der Waals surface area contributed by atoms with Gasteiger partial charge in [0.25, 0.3) is 0 Å². The van der Waals surface area contributed by atoms with Crippen LogP contribution in [0.2, 0.25) is 0 Å². The Morgan fingerprint density at radius 3 is 2.83 bits per heavy atom. The molecule has 1 aliphatic heterocycles. The Hall–Kier alpha value is -0.380. The molecule has 1 saturated heterocycles. The zero-order chi connectivity index (χ0) is 13.1. The summed E-state index contributed by atoms with van der Waals surface area (Å²) in [5.74, 6) is 0.579. The smallest absolute Gasteiger partial charge is 0.0391 e. The van der Waals surface area contributed by atoms with Crippen LogP contribution in [0.3, 0.4) is 0 Å². The first-order chi connectivity index (χ1) is 8.63. The Balaban J connectivity index is 2.33. The van der Waals surface area contributed by atoms with Gasteiger partial charge in [-0.15, -0.1) is 0 Å². The normalized spacial score (nSPS) is 25.6. The topological polar surface area (TPSA) is 29.3 Å². The molecule has 2 unspecified atom stereocenters. The molecule has 0 bridgehead atoms. The van der Waals surface area contributed by atoms with Gasteiger partial charge >= 0.3 is 0 Å². The van der Waals surface area contributed by atoms with E-state index in [9.17, 15) is 0 Å². The fourth-order valence-electron chi connectivity index (χ4n) is 3.08. The van der Waals surface area contributed by atoms with Crippen LogP contribution in [0.25, 0.3) is 0 Å². The number of nitrogens with two attached hydrogens (primary N) is 1. The van der Waals surface area contributed by atoms with Crippen molar-refractivity contribution < 1.29 is 0 Å². The van der Waals surface area contributed by atoms with E-state index >= 15 is 0 Å². The van der Waals surface area contributed by atoms with Crippen LogP contribution in [0.4, 0.5) is 0 Å².